The largest absolute Gasteiger partial charge is 0.469 e. The molecule has 0 amide bonds. The summed E-state index contributed by atoms with van der Waals surface area (Å²) in [5.74, 6) is -0.961. The van der Waals surface area contributed by atoms with Gasteiger partial charge >= 0.3 is 17.9 Å². The standard InChI is InChI=1S/C13H22O6/c1-10(14)18-9-8-12(19-11(2)15)6-4-5-7-13(16)17-3/h12H,4-9H2,1-3H3. The zero-order valence-electron chi connectivity index (χ0n) is 11.8. The van der Waals surface area contributed by atoms with Crippen molar-refractivity contribution in [3.63, 3.8) is 0 Å². The Bertz CT molecular complexity index is 300. The summed E-state index contributed by atoms with van der Waals surface area (Å²) in [4.78, 5) is 32.5. The summed E-state index contributed by atoms with van der Waals surface area (Å²) in [6.07, 6.45) is 2.60. The van der Waals surface area contributed by atoms with Crippen molar-refractivity contribution in [2.75, 3.05) is 13.7 Å². The molecule has 0 aliphatic rings. The highest BCUT2D eigenvalue weighted by atomic mass is 16.6. The van der Waals surface area contributed by atoms with Crippen molar-refractivity contribution < 1.29 is 28.6 Å². The predicted octanol–water partition coefficient (Wildman–Crippen LogP) is 1.60. The molecule has 0 heterocycles. The number of rotatable bonds is 9. The molecule has 1 atom stereocenters. The Labute approximate surface area is 113 Å². The fourth-order valence-corrected chi connectivity index (χ4v) is 1.57. The molecule has 0 aliphatic carbocycles. The van der Waals surface area contributed by atoms with E-state index in [4.69, 9.17) is 9.47 Å². The second-order valence-corrected chi connectivity index (χ2v) is 4.18. The van der Waals surface area contributed by atoms with Crippen LogP contribution in [0.5, 0.6) is 0 Å². The van der Waals surface area contributed by atoms with E-state index in [0.717, 1.165) is 6.42 Å². The zero-order valence-corrected chi connectivity index (χ0v) is 11.8. The molecule has 1 unspecified atom stereocenters. The normalized spacial score (nSPS) is 11.5. The predicted molar refractivity (Wildman–Crippen MR) is 67.3 cm³/mol. The van der Waals surface area contributed by atoms with Gasteiger partial charge in [-0.3, -0.25) is 14.4 Å². The molecule has 0 saturated carbocycles. The fraction of sp³-hybridized carbons (Fsp3) is 0.769. The minimum atomic E-state index is -0.360. The Morgan fingerprint density at radius 1 is 1.00 bits per heavy atom. The number of methoxy groups -OCH3 is 1. The molecule has 0 fully saturated rings. The lowest BCUT2D eigenvalue weighted by Gasteiger charge is -2.16. The third kappa shape index (κ3) is 11.2. The van der Waals surface area contributed by atoms with Crippen molar-refractivity contribution in [1.29, 1.82) is 0 Å². The van der Waals surface area contributed by atoms with E-state index in [1.807, 2.05) is 0 Å². The SMILES string of the molecule is COC(=O)CCCCC(CCOC(C)=O)OC(C)=O. The Morgan fingerprint density at radius 3 is 2.21 bits per heavy atom. The highest BCUT2D eigenvalue weighted by Gasteiger charge is 2.13. The maximum Gasteiger partial charge on any atom is 0.305 e. The van der Waals surface area contributed by atoms with Crippen molar-refractivity contribution in [3.05, 3.63) is 0 Å². The summed E-state index contributed by atoms with van der Waals surface area (Å²) in [6.45, 7) is 2.90. The van der Waals surface area contributed by atoms with Gasteiger partial charge in [-0.05, 0) is 19.3 Å². The van der Waals surface area contributed by atoms with Crippen LogP contribution in [0.3, 0.4) is 0 Å². The maximum absolute atomic E-state index is 10.9. The zero-order chi connectivity index (χ0) is 14.7. The number of hydrogen-bond donors (Lipinski definition) is 0. The minimum Gasteiger partial charge on any atom is -0.469 e. The maximum atomic E-state index is 10.9. The molecule has 0 aromatic rings. The summed E-state index contributed by atoms with van der Waals surface area (Å²) in [6, 6.07) is 0. The molecule has 6 nitrogen and oxygen atoms in total. The first-order valence-electron chi connectivity index (χ1n) is 6.33. The molecule has 0 bridgehead atoms. The average Bonchev–Trinajstić information content (AvgIpc) is 2.32. The Morgan fingerprint density at radius 2 is 1.68 bits per heavy atom. The number of carbonyl (C=O) groups excluding carboxylic acids is 3. The van der Waals surface area contributed by atoms with E-state index >= 15 is 0 Å². The second kappa shape index (κ2) is 10.3. The molecular formula is C13H22O6. The summed E-state index contributed by atoms with van der Waals surface area (Å²) in [5.41, 5.74) is 0. The first-order valence-corrected chi connectivity index (χ1v) is 6.33. The van der Waals surface area contributed by atoms with Crippen LogP contribution in [0.1, 0.15) is 46.0 Å². The smallest absolute Gasteiger partial charge is 0.305 e. The van der Waals surface area contributed by atoms with E-state index in [1.54, 1.807) is 0 Å². The van der Waals surface area contributed by atoms with Crippen molar-refractivity contribution in [1.82, 2.24) is 0 Å². The number of ether oxygens (including phenoxy) is 3. The van der Waals surface area contributed by atoms with Crippen LogP contribution in [0.15, 0.2) is 0 Å². The third-order valence-corrected chi connectivity index (χ3v) is 2.46. The van der Waals surface area contributed by atoms with Gasteiger partial charge in [-0.25, -0.2) is 0 Å². The highest BCUT2D eigenvalue weighted by Crippen LogP contribution is 2.11. The second-order valence-electron chi connectivity index (χ2n) is 4.18. The fourth-order valence-electron chi connectivity index (χ4n) is 1.57. The van der Waals surface area contributed by atoms with Crippen molar-refractivity contribution in [3.8, 4) is 0 Å². The molecular weight excluding hydrogens is 252 g/mol. The van der Waals surface area contributed by atoms with E-state index < -0.39 is 0 Å². The van der Waals surface area contributed by atoms with Gasteiger partial charge in [-0.2, -0.15) is 0 Å². The van der Waals surface area contributed by atoms with Gasteiger partial charge in [-0.1, -0.05) is 0 Å². The highest BCUT2D eigenvalue weighted by molar-refractivity contribution is 5.69. The quantitative estimate of drug-likeness (QED) is 0.361. The van der Waals surface area contributed by atoms with E-state index in [0.29, 0.717) is 25.7 Å². The molecule has 0 aliphatic heterocycles. The molecule has 0 radical (unpaired) electrons. The Balaban J connectivity index is 3.88. The summed E-state index contributed by atoms with van der Waals surface area (Å²) < 4.78 is 14.5. The number of carbonyl (C=O) groups is 3. The van der Waals surface area contributed by atoms with Gasteiger partial charge in [0.2, 0.25) is 0 Å². The minimum absolute atomic E-state index is 0.226. The monoisotopic (exact) mass is 274 g/mol. The van der Waals surface area contributed by atoms with Crippen LogP contribution in [0.25, 0.3) is 0 Å². The van der Waals surface area contributed by atoms with Crippen LogP contribution < -0.4 is 0 Å². The molecule has 0 N–H and O–H groups in total. The topological polar surface area (TPSA) is 78.9 Å². The lowest BCUT2D eigenvalue weighted by Crippen LogP contribution is -2.19. The van der Waals surface area contributed by atoms with Gasteiger partial charge in [0.05, 0.1) is 13.7 Å². The van der Waals surface area contributed by atoms with Gasteiger partial charge in [0.25, 0.3) is 0 Å². The Kier molecular flexibility index (Phi) is 9.48. The third-order valence-electron chi connectivity index (χ3n) is 2.46. The first-order chi connectivity index (χ1) is 8.95. The van der Waals surface area contributed by atoms with Crippen molar-refractivity contribution in [2.24, 2.45) is 0 Å². The average molecular weight is 274 g/mol. The van der Waals surface area contributed by atoms with Crippen molar-refractivity contribution >= 4 is 17.9 Å². The summed E-state index contributed by atoms with van der Waals surface area (Å²) in [7, 11) is 1.35. The van der Waals surface area contributed by atoms with Gasteiger partial charge in [0, 0.05) is 26.7 Å². The van der Waals surface area contributed by atoms with Gasteiger partial charge in [0.15, 0.2) is 0 Å². The summed E-state index contributed by atoms with van der Waals surface area (Å²) >= 11 is 0. The molecule has 0 aromatic carbocycles. The molecule has 6 heteroatoms. The lowest BCUT2D eigenvalue weighted by atomic mass is 10.1. The van der Waals surface area contributed by atoms with E-state index in [1.165, 1.54) is 21.0 Å². The number of esters is 3. The van der Waals surface area contributed by atoms with Crippen LogP contribution >= 0.6 is 0 Å². The summed E-state index contributed by atoms with van der Waals surface area (Å²) in [5, 5.41) is 0. The van der Waals surface area contributed by atoms with Gasteiger partial charge < -0.3 is 14.2 Å². The number of unbranched alkanes of at least 4 members (excludes halogenated alkanes) is 1. The molecule has 0 saturated heterocycles. The van der Waals surface area contributed by atoms with E-state index in [2.05, 4.69) is 4.74 Å². The first kappa shape index (κ1) is 17.4. The molecule has 0 rings (SSSR count). The molecule has 19 heavy (non-hydrogen) atoms. The van der Waals surface area contributed by atoms with E-state index in [-0.39, 0.29) is 30.6 Å². The van der Waals surface area contributed by atoms with Crippen LogP contribution in [0.2, 0.25) is 0 Å². The van der Waals surface area contributed by atoms with Crippen LogP contribution in [0, 0.1) is 0 Å². The van der Waals surface area contributed by atoms with Crippen LogP contribution in [0.4, 0.5) is 0 Å². The Hall–Kier alpha value is -1.59. The van der Waals surface area contributed by atoms with Crippen molar-refractivity contribution in [2.45, 2.75) is 52.1 Å². The number of hydrogen-bond acceptors (Lipinski definition) is 6. The molecule has 0 spiro atoms. The molecule has 0 aromatic heterocycles. The van der Waals surface area contributed by atoms with E-state index in [9.17, 15) is 14.4 Å². The van der Waals surface area contributed by atoms with Gasteiger partial charge in [-0.15, -0.1) is 0 Å². The molecule has 110 valence electrons. The van der Waals surface area contributed by atoms with Crippen LogP contribution in [-0.2, 0) is 28.6 Å². The van der Waals surface area contributed by atoms with Crippen LogP contribution in [-0.4, -0.2) is 37.7 Å². The van der Waals surface area contributed by atoms with Gasteiger partial charge in [0.1, 0.15) is 6.10 Å². The lowest BCUT2D eigenvalue weighted by molar-refractivity contribution is -0.149.